The van der Waals surface area contributed by atoms with Crippen LogP contribution in [0.1, 0.15) is 10.4 Å². The Morgan fingerprint density at radius 1 is 0.750 bits per heavy atom. The molecule has 0 N–H and O–H groups in total. The van der Waals surface area contributed by atoms with Crippen molar-refractivity contribution in [2.45, 2.75) is 0 Å². The first-order valence-electron chi connectivity index (χ1n) is 6.03. The van der Waals surface area contributed by atoms with Crippen molar-refractivity contribution in [2.24, 2.45) is 0 Å². The molecular formula is C15H10N4O. The molecule has 0 radical (unpaired) electrons. The number of carbonyl (C=O) groups excluding carboxylic acids is 1. The summed E-state index contributed by atoms with van der Waals surface area (Å²) in [5.41, 5.74) is 1.90. The molecule has 5 nitrogen and oxygen atoms in total. The van der Waals surface area contributed by atoms with Gasteiger partial charge in [-0.2, -0.15) is 0 Å². The summed E-state index contributed by atoms with van der Waals surface area (Å²) in [7, 11) is 0. The Morgan fingerprint density at radius 3 is 1.95 bits per heavy atom. The molecule has 0 aliphatic heterocycles. The lowest BCUT2D eigenvalue weighted by Gasteiger charge is -2.09. The second kappa shape index (κ2) is 5.36. The van der Waals surface area contributed by atoms with Gasteiger partial charge in [0.05, 0.1) is 0 Å². The van der Waals surface area contributed by atoms with Gasteiger partial charge < -0.3 is 0 Å². The molecule has 2 aromatic heterocycles. The average molecular weight is 262 g/mol. The SMILES string of the molecule is O=Cc1cccc(-c2ncccn2)c1-c1ncccn1. The van der Waals surface area contributed by atoms with Gasteiger partial charge in [-0.05, 0) is 12.1 Å². The molecular weight excluding hydrogens is 252 g/mol. The van der Waals surface area contributed by atoms with Crippen molar-refractivity contribution in [3.05, 3.63) is 60.7 Å². The lowest BCUT2D eigenvalue weighted by molar-refractivity contribution is 0.112. The number of aldehydes is 1. The smallest absolute Gasteiger partial charge is 0.160 e. The van der Waals surface area contributed by atoms with Crippen LogP contribution in [0.4, 0.5) is 0 Å². The van der Waals surface area contributed by atoms with Crippen LogP contribution >= 0.6 is 0 Å². The predicted octanol–water partition coefficient (Wildman–Crippen LogP) is 2.41. The molecule has 2 heterocycles. The largest absolute Gasteiger partial charge is 0.298 e. The van der Waals surface area contributed by atoms with Crippen molar-refractivity contribution in [3.8, 4) is 22.8 Å². The van der Waals surface area contributed by atoms with Gasteiger partial charge in [-0.3, -0.25) is 4.79 Å². The van der Waals surface area contributed by atoms with E-state index in [1.807, 2.05) is 6.07 Å². The topological polar surface area (TPSA) is 68.6 Å². The highest BCUT2D eigenvalue weighted by molar-refractivity contribution is 5.92. The van der Waals surface area contributed by atoms with Crippen molar-refractivity contribution in [1.29, 1.82) is 0 Å². The monoisotopic (exact) mass is 262 g/mol. The fourth-order valence-electron chi connectivity index (χ4n) is 1.97. The Morgan fingerprint density at radius 2 is 1.35 bits per heavy atom. The number of nitrogens with zero attached hydrogens (tertiary/aromatic N) is 4. The van der Waals surface area contributed by atoms with Crippen LogP contribution in [0.3, 0.4) is 0 Å². The van der Waals surface area contributed by atoms with Gasteiger partial charge in [-0.25, -0.2) is 19.9 Å². The molecule has 0 saturated heterocycles. The highest BCUT2D eigenvalue weighted by atomic mass is 16.1. The number of benzene rings is 1. The zero-order valence-corrected chi connectivity index (χ0v) is 10.5. The molecule has 0 aliphatic rings. The summed E-state index contributed by atoms with van der Waals surface area (Å²) in [6.07, 6.45) is 7.38. The molecule has 20 heavy (non-hydrogen) atoms. The van der Waals surface area contributed by atoms with Crippen molar-refractivity contribution in [1.82, 2.24) is 19.9 Å². The van der Waals surface area contributed by atoms with E-state index in [-0.39, 0.29) is 0 Å². The van der Waals surface area contributed by atoms with E-state index < -0.39 is 0 Å². The molecule has 0 saturated carbocycles. The summed E-state index contributed by atoms with van der Waals surface area (Å²) in [5, 5.41) is 0. The van der Waals surface area contributed by atoms with Crippen molar-refractivity contribution in [2.75, 3.05) is 0 Å². The minimum atomic E-state index is 0.484. The van der Waals surface area contributed by atoms with Crippen molar-refractivity contribution in [3.63, 3.8) is 0 Å². The first kappa shape index (κ1) is 12.1. The van der Waals surface area contributed by atoms with E-state index in [1.54, 1.807) is 49.1 Å². The zero-order chi connectivity index (χ0) is 13.8. The van der Waals surface area contributed by atoms with Crippen molar-refractivity contribution >= 4 is 6.29 Å². The van der Waals surface area contributed by atoms with Crippen LogP contribution in [0.5, 0.6) is 0 Å². The van der Waals surface area contributed by atoms with E-state index in [0.29, 0.717) is 22.8 Å². The van der Waals surface area contributed by atoms with E-state index in [2.05, 4.69) is 19.9 Å². The van der Waals surface area contributed by atoms with Gasteiger partial charge in [-0.15, -0.1) is 0 Å². The molecule has 1 aromatic carbocycles. The molecule has 0 amide bonds. The van der Waals surface area contributed by atoms with Gasteiger partial charge in [0, 0.05) is 41.5 Å². The average Bonchev–Trinajstić information content (AvgIpc) is 2.55. The number of hydrogen-bond donors (Lipinski definition) is 0. The number of hydrogen-bond acceptors (Lipinski definition) is 5. The first-order valence-corrected chi connectivity index (χ1v) is 6.03. The lowest BCUT2D eigenvalue weighted by atomic mass is 10.00. The minimum absolute atomic E-state index is 0.484. The highest BCUT2D eigenvalue weighted by Gasteiger charge is 2.15. The van der Waals surface area contributed by atoms with Crippen molar-refractivity contribution < 1.29 is 4.79 Å². The third-order valence-corrected chi connectivity index (χ3v) is 2.82. The second-order valence-electron chi connectivity index (χ2n) is 4.03. The third-order valence-electron chi connectivity index (χ3n) is 2.82. The zero-order valence-electron chi connectivity index (χ0n) is 10.5. The summed E-state index contributed by atoms with van der Waals surface area (Å²) >= 11 is 0. The molecule has 3 aromatic rings. The molecule has 0 spiro atoms. The molecule has 0 aliphatic carbocycles. The molecule has 5 heteroatoms. The Kier molecular flexibility index (Phi) is 3.24. The summed E-state index contributed by atoms with van der Waals surface area (Å²) in [4.78, 5) is 28.2. The fraction of sp³-hybridized carbons (Fsp3) is 0. The minimum Gasteiger partial charge on any atom is -0.298 e. The predicted molar refractivity (Wildman–Crippen MR) is 73.9 cm³/mol. The van der Waals surface area contributed by atoms with Crippen LogP contribution < -0.4 is 0 Å². The maximum atomic E-state index is 11.3. The third kappa shape index (κ3) is 2.16. The molecule has 0 fully saturated rings. The van der Waals surface area contributed by atoms with E-state index in [1.165, 1.54) is 0 Å². The van der Waals surface area contributed by atoms with Gasteiger partial charge in [-0.1, -0.05) is 18.2 Å². The van der Waals surface area contributed by atoms with E-state index in [9.17, 15) is 4.79 Å². The van der Waals surface area contributed by atoms with E-state index >= 15 is 0 Å². The summed E-state index contributed by atoms with van der Waals surface area (Å²) in [5.74, 6) is 1.02. The summed E-state index contributed by atoms with van der Waals surface area (Å²) in [6.45, 7) is 0. The molecule has 3 rings (SSSR count). The van der Waals surface area contributed by atoms with Gasteiger partial charge in [0.1, 0.15) is 0 Å². The normalized spacial score (nSPS) is 10.2. The van der Waals surface area contributed by atoms with Crippen LogP contribution in [0.25, 0.3) is 22.8 Å². The Balaban J connectivity index is 2.29. The molecule has 0 bridgehead atoms. The highest BCUT2D eigenvalue weighted by Crippen LogP contribution is 2.29. The summed E-state index contributed by atoms with van der Waals surface area (Å²) < 4.78 is 0. The Labute approximate surface area is 115 Å². The van der Waals surface area contributed by atoms with Crippen LogP contribution in [0, 0.1) is 0 Å². The van der Waals surface area contributed by atoms with Crippen LogP contribution in [0.15, 0.2) is 55.1 Å². The van der Waals surface area contributed by atoms with Crippen LogP contribution in [-0.2, 0) is 0 Å². The van der Waals surface area contributed by atoms with Gasteiger partial charge in [0.15, 0.2) is 17.9 Å². The molecule has 96 valence electrons. The van der Waals surface area contributed by atoms with Crippen LogP contribution in [-0.4, -0.2) is 26.2 Å². The number of carbonyl (C=O) groups is 1. The van der Waals surface area contributed by atoms with E-state index in [0.717, 1.165) is 11.8 Å². The van der Waals surface area contributed by atoms with E-state index in [4.69, 9.17) is 0 Å². The van der Waals surface area contributed by atoms with Gasteiger partial charge in [0.25, 0.3) is 0 Å². The maximum absolute atomic E-state index is 11.3. The van der Waals surface area contributed by atoms with Crippen LogP contribution in [0.2, 0.25) is 0 Å². The van der Waals surface area contributed by atoms with Gasteiger partial charge in [0.2, 0.25) is 0 Å². The summed E-state index contributed by atoms with van der Waals surface area (Å²) in [6, 6.07) is 8.85. The second-order valence-corrected chi connectivity index (χ2v) is 4.03. The Hall–Kier alpha value is -2.95. The lowest BCUT2D eigenvalue weighted by Crippen LogP contribution is -1.98. The number of rotatable bonds is 3. The first-order chi connectivity index (χ1) is 9.90. The fourth-order valence-corrected chi connectivity index (χ4v) is 1.97. The Bertz CT molecular complexity index is 729. The maximum Gasteiger partial charge on any atom is 0.160 e. The number of aromatic nitrogens is 4. The molecule has 0 atom stereocenters. The standard InChI is InChI=1S/C15H10N4O/c20-10-11-4-1-5-12(14-16-6-2-7-17-14)13(11)15-18-8-3-9-19-15/h1-10H. The quantitative estimate of drug-likeness (QED) is 0.678. The molecule has 0 unspecified atom stereocenters. The van der Waals surface area contributed by atoms with Gasteiger partial charge >= 0.3 is 0 Å².